The van der Waals surface area contributed by atoms with Gasteiger partial charge in [0.2, 0.25) is 0 Å². The summed E-state index contributed by atoms with van der Waals surface area (Å²) in [6.45, 7) is 4.50. The van der Waals surface area contributed by atoms with Crippen LogP contribution in [0.2, 0.25) is 0 Å². The molecule has 58 valence electrons. The van der Waals surface area contributed by atoms with E-state index >= 15 is 0 Å². The molecule has 1 saturated carbocycles. The minimum atomic E-state index is 0.0990. The van der Waals surface area contributed by atoms with Crippen LogP contribution in [0, 0.1) is 5.41 Å². The Balaban J connectivity index is 2.21. The summed E-state index contributed by atoms with van der Waals surface area (Å²) in [7, 11) is 2.16. The molecule has 0 radical (unpaired) electrons. The lowest BCUT2D eigenvalue weighted by Crippen LogP contribution is -2.45. The maximum Gasteiger partial charge on any atom is 0.0324 e. The Hall–Kier alpha value is -0.0800. The summed E-state index contributed by atoms with van der Waals surface area (Å²) in [5.41, 5.74) is 6.78. The van der Waals surface area contributed by atoms with Gasteiger partial charge in [-0.2, -0.15) is 0 Å². The number of nitrogens with zero attached hydrogens (tertiary/aromatic N) is 1. The summed E-state index contributed by atoms with van der Waals surface area (Å²) >= 11 is 0. The Bertz CT molecular complexity index is 153. The largest absolute Gasteiger partial charge is 0.324 e. The molecule has 2 heteroatoms. The van der Waals surface area contributed by atoms with Gasteiger partial charge in [0, 0.05) is 24.0 Å². The molecule has 0 aromatic rings. The Labute approximate surface area is 62.4 Å². The van der Waals surface area contributed by atoms with Crippen molar-refractivity contribution in [3.8, 4) is 0 Å². The monoisotopic (exact) mass is 140 g/mol. The minimum absolute atomic E-state index is 0.0990. The van der Waals surface area contributed by atoms with E-state index < -0.39 is 0 Å². The van der Waals surface area contributed by atoms with Crippen molar-refractivity contribution in [1.82, 2.24) is 4.90 Å². The Morgan fingerprint density at radius 1 is 1.30 bits per heavy atom. The van der Waals surface area contributed by atoms with E-state index in [0.717, 1.165) is 6.54 Å². The van der Waals surface area contributed by atoms with E-state index in [0.29, 0.717) is 5.41 Å². The number of hydrogen-bond acceptors (Lipinski definition) is 2. The molecule has 0 bridgehead atoms. The van der Waals surface area contributed by atoms with Gasteiger partial charge in [0.05, 0.1) is 0 Å². The number of likely N-dealkylation sites (N-methyl/N-ethyl adjacent to an activating group) is 1. The van der Waals surface area contributed by atoms with Gasteiger partial charge < -0.3 is 10.6 Å². The molecule has 2 aliphatic rings. The first-order valence-corrected chi connectivity index (χ1v) is 4.03. The molecule has 0 aromatic carbocycles. The molecule has 1 atom stereocenters. The molecule has 1 spiro atoms. The van der Waals surface area contributed by atoms with Gasteiger partial charge in [-0.1, -0.05) is 0 Å². The maximum atomic E-state index is 6.17. The third kappa shape index (κ3) is 0.663. The fourth-order valence-corrected chi connectivity index (χ4v) is 2.36. The first kappa shape index (κ1) is 6.62. The molecule has 0 unspecified atom stereocenters. The highest BCUT2D eigenvalue weighted by Crippen LogP contribution is 2.56. The first-order chi connectivity index (χ1) is 4.56. The van der Waals surface area contributed by atoms with Crippen molar-refractivity contribution in [3.63, 3.8) is 0 Å². The van der Waals surface area contributed by atoms with Crippen molar-refractivity contribution in [2.24, 2.45) is 11.1 Å². The first-order valence-electron chi connectivity index (χ1n) is 4.03. The lowest BCUT2D eigenvalue weighted by molar-refractivity contribution is 0.354. The van der Waals surface area contributed by atoms with Crippen molar-refractivity contribution in [1.29, 1.82) is 0 Å². The van der Waals surface area contributed by atoms with Gasteiger partial charge in [0.1, 0.15) is 0 Å². The molecule has 2 N–H and O–H groups in total. The van der Waals surface area contributed by atoms with Gasteiger partial charge in [-0.25, -0.2) is 0 Å². The fourth-order valence-electron chi connectivity index (χ4n) is 2.36. The van der Waals surface area contributed by atoms with Crippen LogP contribution in [0.3, 0.4) is 0 Å². The van der Waals surface area contributed by atoms with E-state index in [9.17, 15) is 0 Å². The number of nitrogens with two attached hydrogens (primary N) is 1. The van der Waals surface area contributed by atoms with Crippen molar-refractivity contribution >= 4 is 0 Å². The molecule has 1 heterocycles. The zero-order valence-corrected chi connectivity index (χ0v) is 6.85. The zero-order chi connectivity index (χ0) is 7.41. The van der Waals surface area contributed by atoms with Crippen LogP contribution in [-0.2, 0) is 0 Å². The molecule has 1 aliphatic heterocycles. The zero-order valence-electron chi connectivity index (χ0n) is 6.85. The van der Waals surface area contributed by atoms with Crippen LogP contribution in [0.15, 0.2) is 0 Å². The molecular formula is C8H16N2. The highest BCUT2D eigenvalue weighted by Gasteiger charge is 2.59. The van der Waals surface area contributed by atoms with Crippen LogP contribution in [0.4, 0.5) is 0 Å². The van der Waals surface area contributed by atoms with Crippen LogP contribution in [-0.4, -0.2) is 30.6 Å². The highest BCUT2D eigenvalue weighted by atomic mass is 15.2. The van der Waals surface area contributed by atoms with Gasteiger partial charge in [-0.3, -0.25) is 0 Å². The number of likely N-dealkylation sites (tertiary alicyclic amines) is 1. The third-order valence-corrected chi connectivity index (χ3v) is 3.24. The standard InChI is InChI=1S/C8H16N2/c1-7(9)5-10(2)6-8(7)3-4-8/h3-6,9H2,1-2H3/t7-/m1/s1. The molecule has 1 aliphatic carbocycles. The molecule has 2 fully saturated rings. The Morgan fingerprint density at radius 2 is 1.90 bits per heavy atom. The molecular weight excluding hydrogens is 124 g/mol. The van der Waals surface area contributed by atoms with Gasteiger partial charge in [-0.05, 0) is 26.8 Å². The summed E-state index contributed by atoms with van der Waals surface area (Å²) in [5, 5.41) is 0. The number of rotatable bonds is 0. The predicted molar refractivity (Wildman–Crippen MR) is 41.8 cm³/mol. The lowest BCUT2D eigenvalue weighted by Gasteiger charge is -2.24. The minimum Gasteiger partial charge on any atom is -0.324 e. The van der Waals surface area contributed by atoms with Crippen LogP contribution >= 0.6 is 0 Å². The second-order valence-corrected chi connectivity index (χ2v) is 4.37. The maximum absolute atomic E-state index is 6.17. The molecule has 1 saturated heterocycles. The third-order valence-electron chi connectivity index (χ3n) is 3.24. The molecule has 0 amide bonds. The molecule has 0 aromatic heterocycles. The second kappa shape index (κ2) is 1.56. The van der Waals surface area contributed by atoms with E-state index in [4.69, 9.17) is 5.73 Å². The quantitative estimate of drug-likeness (QED) is 0.528. The van der Waals surface area contributed by atoms with Crippen molar-refractivity contribution in [2.75, 3.05) is 20.1 Å². The summed E-state index contributed by atoms with van der Waals surface area (Å²) in [6, 6.07) is 0. The van der Waals surface area contributed by atoms with E-state index in [-0.39, 0.29) is 5.54 Å². The van der Waals surface area contributed by atoms with Gasteiger partial charge in [-0.15, -0.1) is 0 Å². The highest BCUT2D eigenvalue weighted by molar-refractivity contribution is 5.15. The summed E-state index contributed by atoms with van der Waals surface area (Å²) < 4.78 is 0. The van der Waals surface area contributed by atoms with Crippen LogP contribution in [0.5, 0.6) is 0 Å². The second-order valence-electron chi connectivity index (χ2n) is 4.37. The van der Waals surface area contributed by atoms with E-state index in [2.05, 4.69) is 18.9 Å². The van der Waals surface area contributed by atoms with Crippen molar-refractivity contribution in [3.05, 3.63) is 0 Å². The average Bonchev–Trinajstić information content (AvgIpc) is 2.40. The fraction of sp³-hybridized carbons (Fsp3) is 1.00. The van der Waals surface area contributed by atoms with E-state index in [1.54, 1.807) is 0 Å². The summed E-state index contributed by atoms with van der Waals surface area (Å²) in [4.78, 5) is 2.35. The van der Waals surface area contributed by atoms with E-state index in [1.165, 1.54) is 19.4 Å². The van der Waals surface area contributed by atoms with Gasteiger partial charge >= 0.3 is 0 Å². The van der Waals surface area contributed by atoms with Gasteiger partial charge in [0.25, 0.3) is 0 Å². The van der Waals surface area contributed by atoms with Crippen LogP contribution in [0.25, 0.3) is 0 Å². The van der Waals surface area contributed by atoms with Crippen LogP contribution < -0.4 is 5.73 Å². The van der Waals surface area contributed by atoms with E-state index in [1.807, 2.05) is 0 Å². The number of hydrogen-bond donors (Lipinski definition) is 1. The smallest absolute Gasteiger partial charge is 0.0324 e. The normalized spacial score (nSPS) is 44.7. The summed E-state index contributed by atoms with van der Waals surface area (Å²) in [6.07, 6.45) is 2.70. The Kier molecular flexibility index (Phi) is 1.03. The average molecular weight is 140 g/mol. The predicted octanol–water partition coefficient (Wildman–Crippen LogP) is 0.429. The Morgan fingerprint density at radius 3 is 2.10 bits per heavy atom. The summed E-state index contributed by atoms with van der Waals surface area (Å²) in [5.74, 6) is 0. The van der Waals surface area contributed by atoms with Crippen molar-refractivity contribution < 1.29 is 0 Å². The lowest BCUT2D eigenvalue weighted by atomic mass is 9.87. The molecule has 10 heavy (non-hydrogen) atoms. The topological polar surface area (TPSA) is 29.3 Å². The van der Waals surface area contributed by atoms with Gasteiger partial charge in [0.15, 0.2) is 0 Å². The van der Waals surface area contributed by atoms with Crippen LogP contribution in [0.1, 0.15) is 19.8 Å². The molecule has 2 rings (SSSR count). The van der Waals surface area contributed by atoms with Crippen molar-refractivity contribution in [2.45, 2.75) is 25.3 Å². The SMILES string of the molecule is CN1CC2(CC2)[C@](C)(N)C1. The molecule has 2 nitrogen and oxygen atoms in total.